The molecule has 0 unspecified atom stereocenters. The fourth-order valence-electron chi connectivity index (χ4n) is 5.43. The van der Waals surface area contributed by atoms with Crippen LogP contribution in [0.1, 0.15) is 40.7 Å². The van der Waals surface area contributed by atoms with Crippen LogP contribution in [0.15, 0.2) is 72.9 Å². The first kappa shape index (κ1) is 31.6. The van der Waals surface area contributed by atoms with E-state index in [-0.39, 0.29) is 42.3 Å². The fraction of sp³-hybridized carbons (Fsp3) is 0.303. The minimum atomic E-state index is -0.733. The van der Waals surface area contributed by atoms with Gasteiger partial charge in [-0.05, 0) is 72.7 Å². The average Bonchev–Trinajstić information content (AvgIpc) is 3.41. The van der Waals surface area contributed by atoms with Crippen LogP contribution in [0.2, 0.25) is 0 Å². The highest BCUT2D eigenvalue weighted by Gasteiger charge is 2.22. The van der Waals surface area contributed by atoms with E-state index >= 15 is 0 Å². The van der Waals surface area contributed by atoms with Gasteiger partial charge in [-0.2, -0.15) is 0 Å². The molecule has 43 heavy (non-hydrogen) atoms. The molecule has 1 aliphatic heterocycles. The van der Waals surface area contributed by atoms with Crippen LogP contribution >= 0.6 is 12.4 Å². The van der Waals surface area contributed by atoms with Crippen LogP contribution in [-0.2, 0) is 22.4 Å². The van der Waals surface area contributed by atoms with Gasteiger partial charge in [0.25, 0.3) is 5.91 Å². The number of aromatic hydroxyl groups is 1. The molecule has 0 aliphatic carbocycles. The maximum Gasteiger partial charge on any atom is 0.251 e. The first-order chi connectivity index (χ1) is 20.4. The number of amides is 3. The number of para-hydroxylation sites is 1. The third-order valence-electron chi connectivity index (χ3n) is 7.70. The normalized spacial score (nSPS) is 15.7. The van der Waals surface area contributed by atoms with Crippen LogP contribution in [0.5, 0.6) is 5.75 Å². The van der Waals surface area contributed by atoms with Crippen molar-refractivity contribution in [1.82, 2.24) is 20.5 Å². The van der Waals surface area contributed by atoms with Crippen LogP contribution in [0, 0.1) is 0 Å². The smallest absolute Gasteiger partial charge is 0.251 e. The number of H-pyrrole nitrogens is 1. The number of hydrogen-bond acceptors (Lipinski definition) is 5. The lowest BCUT2D eigenvalue weighted by Gasteiger charge is -2.26. The molecule has 3 aromatic carbocycles. The summed E-state index contributed by atoms with van der Waals surface area (Å²) >= 11 is 0. The highest BCUT2D eigenvalue weighted by atomic mass is 35.5. The maximum absolute atomic E-state index is 13.5. The van der Waals surface area contributed by atoms with E-state index in [1.54, 1.807) is 29.2 Å². The third-order valence-corrected chi connectivity index (χ3v) is 7.70. The van der Waals surface area contributed by atoms with Gasteiger partial charge in [0.2, 0.25) is 11.8 Å². The van der Waals surface area contributed by atoms with Crippen LogP contribution in [0.3, 0.4) is 0 Å². The molecule has 5 rings (SSSR count). The zero-order valence-electron chi connectivity index (χ0n) is 24.0. The minimum Gasteiger partial charge on any atom is -0.507 e. The van der Waals surface area contributed by atoms with Gasteiger partial charge >= 0.3 is 0 Å². The lowest BCUT2D eigenvalue weighted by molar-refractivity contribution is -0.133. The second kappa shape index (κ2) is 14.7. The van der Waals surface area contributed by atoms with E-state index < -0.39 is 6.04 Å². The number of carbonyl (C=O) groups is 3. The number of nitrogens with one attached hydrogen (secondary N) is 3. The van der Waals surface area contributed by atoms with E-state index in [9.17, 15) is 19.5 Å². The quantitative estimate of drug-likeness (QED) is 0.241. The molecule has 6 N–H and O–H groups in total. The summed E-state index contributed by atoms with van der Waals surface area (Å²) in [5.74, 6) is -0.361. The van der Waals surface area contributed by atoms with Crippen molar-refractivity contribution in [3.8, 4) is 16.9 Å². The highest BCUT2D eigenvalue weighted by Crippen LogP contribution is 2.31. The van der Waals surface area contributed by atoms with Gasteiger partial charge in [-0.3, -0.25) is 14.4 Å². The molecule has 0 saturated heterocycles. The number of phenolic OH excluding ortho intramolecular Hbond substituents is 1. The third kappa shape index (κ3) is 7.94. The van der Waals surface area contributed by atoms with Crippen LogP contribution in [0.4, 0.5) is 0 Å². The van der Waals surface area contributed by atoms with E-state index in [1.165, 1.54) is 0 Å². The summed E-state index contributed by atoms with van der Waals surface area (Å²) in [6.07, 6.45) is 4.19. The second-order valence-corrected chi connectivity index (χ2v) is 10.7. The first-order valence-electron chi connectivity index (χ1n) is 14.5. The highest BCUT2D eigenvalue weighted by molar-refractivity contribution is 5.95. The Kier molecular flexibility index (Phi) is 10.8. The van der Waals surface area contributed by atoms with Gasteiger partial charge in [-0.1, -0.05) is 36.4 Å². The zero-order chi connectivity index (χ0) is 29.5. The number of phenols is 1. The van der Waals surface area contributed by atoms with Gasteiger partial charge in [-0.25, -0.2) is 0 Å². The predicted octanol–water partition coefficient (Wildman–Crippen LogP) is 3.93. The van der Waals surface area contributed by atoms with E-state index in [1.807, 2.05) is 48.7 Å². The Bertz CT molecular complexity index is 1590. The van der Waals surface area contributed by atoms with Crippen molar-refractivity contribution in [3.05, 3.63) is 89.6 Å². The van der Waals surface area contributed by atoms with Crippen molar-refractivity contribution in [2.75, 3.05) is 26.2 Å². The Morgan fingerprint density at radius 3 is 2.56 bits per heavy atom. The maximum atomic E-state index is 13.5. The Morgan fingerprint density at radius 1 is 0.907 bits per heavy atom. The van der Waals surface area contributed by atoms with Crippen LogP contribution in [0.25, 0.3) is 22.0 Å². The van der Waals surface area contributed by atoms with Crippen molar-refractivity contribution in [1.29, 1.82) is 0 Å². The minimum absolute atomic E-state index is 0. The molecule has 3 amide bonds. The largest absolute Gasteiger partial charge is 0.507 e. The molecule has 2 heterocycles. The Hall–Kier alpha value is -4.34. The fourth-order valence-corrected chi connectivity index (χ4v) is 5.43. The van der Waals surface area contributed by atoms with Crippen molar-refractivity contribution < 1.29 is 19.5 Å². The molecule has 1 atom stereocenters. The van der Waals surface area contributed by atoms with Gasteiger partial charge in [0.1, 0.15) is 5.75 Å². The summed E-state index contributed by atoms with van der Waals surface area (Å²) in [6.45, 7) is 1.61. The Labute approximate surface area is 257 Å². The standard InChI is InChI=1S/C33H37N5O4.ClH/c34-28(20-25-21-37-29-9-2-1-8-26(25)29)33(42)38-16-4-10-31(40)35-15-13-22-11-12-30(39)27(18-22)23-6-3-7-24(19-23)32(41)36-14-5-17-38;/h1-3,6-9,11-12,18-19,21,28,37,39H,4-5,10,13-17,20,34H2,(H,35,40)(H,36,41);1H/t28-;/m1./s1. The topological polar surface area (TPSA) is 141 Å². The molecule has 0 radical (unpaired) electrons. The van der Waals surface area contributed by atoms with E-state index in [0.717, 1.165) is 27.6 Å². The number of nitrogens with two attached hydrogens (primary N) is 1. The summed E-state index contributed by atoms with van der Waals surface area (Å²) in [4.78, 5) is 43.9. The lowest BCUT2D eigenvalue weighted by atomic mass is 9.98. The van der Waals surface area contributed by atoms with Gasteiger partial charge in [-0.15, -0.1) is 12.4 Å². The molecular formula is C33H38ClN5O4. The van der Waals surface area contributed by atoms with Gasteiger partial charge in [0.15, 0.2) is 0 Å². The molecule has 1 aliphatic rings. The van der Waals surface area contributed by atoms with Crippen molar-refractivity contribution in [2.45, 2.75) is 38.1 Å². The van der Waals surface area contributed by atoms with Crippen molar-refractivity contribution in [3.63, 3.8) is 0 Å². The molecule has 0 spiro atoms. The molecule has 0 saturated carbocycles. The summed E-state index contributed by atoms with van der Waals surface area (Å²) in [7, 11) is 0. The van der Waals surface area contributed by atoms with Gasteiger partial charge < -0.3 is 31.4 Å². The van der Waals surface area contributed by atoms with Gasteiger partial charge in [0, 0.05) is 60.8 Å². The number of aromatic nitrogens is 1. The van der Waals surface area contributed by atoms with Gasteiger partial charge in [0.05, 0.1) is 6.04 Å². The number of aromatic amines is 1. The molecule has 226 valence electrons. The van der Waals surface area contributed by atoms with E-state index in [2.05, 4.69) is 15.6 Å². The van der Waals surface area contributed by atoms with E-state index in [4.69, 9.17) is 5.73 Å². The lowest BCUT2D eigenvalue weighted by Crippen LogP contribution is -2.46. The summed E-state index contributed by atoms with van der Waals surface area (Å²) in [5.41, 5.74) is 11.2. The summed E-state index contributed by atoms with van der Waals surface area (Å²) in [6, 6.07) is 19.6. The molecule has 10 heteroatoms. The zero-order valence-corrected chi connectivity index (χ0v) is 24.8. The number of benzene rings is 3. The first-order valence-corrected chi connectivity index (χ1v) is 14.5. The number of rotatable bonds is 3. The summed E-state index contributed by atoms with van der Waals surface area (Å²) in [5, 5.41) is 17.4. The van der Waals surface area contributed by atoms with Crippen LogP contribution < -0.4 is 16.4 Å². The molecule has 0 fully saturated rings. The van der Waals surface area contributed by atoms with Crippen molar-refractivity contribution in [2.24, 2.45) is 5.73 Å². The average molecular weight is 604 g/mol. The number of carbonyl (C=O) groups excluding carboxylic acids is 3. The Balaban J connectivity index is 0.00000423. The number of nitrogens with zero attached hydrogens (tertiary/aromatic N) is 1. The second-order valence-electron chi connectivity index (χ2n) is 10.7. The monoisotopic (exact) mass is 603 g/mol. The molecule has 9 nitrogen and oxygen atoms in total. The number of fused-ring (bicyclic) bond motifs is 6. The SMILES string of the molecule is Cl.N[C@H](Cc1c[nH]c2ccccc12)C(=O)N1CCCNC(=O)c2cccc(c2)-c2cc(ccc2O)CCNC(=O)CCC1. The number of hydrogen-bond donors (Lipinski definition) is 5. The molecule has 4 aromatic rings. The predicted molar refractivity (Wildman–Crippen MR) is 170 cm³/mol. The molecule has 1 aromatic heterocycles. The van der Waals surface area contributed by atoms with E-state index in [0.29, 0.717) is 63.0 Å². The number of halogens is 1. The van der Waals surface area contributed by atoms with Crippen LogP contribution in [-0.4, -0.2) is 64.9 Å². The Morgan fingerprint density at radius 2 is 1.70 bits per heavy atom. The van der Waals surface area contributed by atoms with Crippen molar-refractivity contribution >= 4 is 41.0 Å². The molecule has 4 bridgehead atoms. The molecular weight excluding hydrogens is 566 g/mol. The summed E-state index contributed by atoms with van der Waals surface area (Å²) < 4.78 is 0.